The van der Waals surface area contributed by atoms with Crippen LogP contribution < -0.4 is 0 Å². The van der Waals surface area contributed by atoms with Crippen molar-refractivity contribution in [1.29, 1.82) is 0 Å². The summed E-state index contributed by atoms with van der Waals surface area (Å²) in [6.45, 7) is 18.2. The molecule has 5 aliphatic carbocycles. The average Bonchev–Trinajstić information content (AvgIpc) is 2.74. The minimum atomic E-state index is -0.138. The molecule has 0 aromatic heterocycles. The third-order valence-electron chi connectivity index (χ3n) is 14.1. The highest BCUT2D eigenvalue weighted by Crippen LogP contribution is 2.76. The SMILES string of the molecule is C[C@H]1[C@H](C)CC[C@]2(CO)CC[C@]3(C)C(CC[C@@H]4[C@@]5(C)CC[C@H](O)C(C)(C)[C@@H]5CC[C@]43C)[C@H]12. The highest BCUT2D eigenvalue weighted by Gasteiger charge is 2.70. The maximum absolute atomic E-state index is 10.9. The molecule has 0 aromatic carbocycles. The molecule has 0 amide bonds. The number of hydrogen-bond acceptors (Lipinski definition) is 2. The van der Waals surface area contributed by atoms with Crippen LogP contribution in [-0.2, 0) is 0 Å². The molecule has 2 heteroatoms. The Morgan fingerprint density at radius 3 is 2.12 bits per heavy atom. The molecule has 2 nitrogen and oxygen atoms in total. The van der Waals surface area contributed by atoms with Crippen molar-refractivity contribution in [2.24, 2.45) is 62.6 Å². The van der Waals surface area contributed by atoms with Crippen molar-refractivity contribution in [2.45, 2.75) is 119 Å². The monoisotopic (exact) mass is 444 g/mol. The van der Waals surface area contributed by atoms with Gasteiger partial charge in [-0.15, -0.1) is 0 Å². The van der Waals surface area contributed by atoms with E-state index >= 15 is 0 Å². The minimum Gasteiger partial charge on any atom is -0.396 e. The molecule has 0 radical (unpaired) electrons. The summed E-state index contributed by atoms with van der Waals surface area (Å²) in [7, 11) is 0. The molecule has 5 fully saturated rings. The molecule has 0 aromatic rings. The average molecular weight is 445 g/mol. The molecule has 1 unspecified atom stereocenters. The summed E-state index contributed by atoms with van der Waals surface area (Å²) in [5.41, 5.74) is 1.37. The molecule has 5 saturated carbocycles. The van der Waals surface area contributed by atoms with Gasteiger partial charge < -0.3 is 10.2 Å². The molecule has 0 bridgehead atoms. The molecule has 5 aliphatic rings. The van der Waals surface area contributed by atoms with Crippen LogP contribution in [-0.4, -0.2) is 22.9 Å². The van der Waals surface area contributed by atoms with Gasteiger partial charge in [-0.1, -0.05) is 48.5 Å². The first-order chi connectivity index (χ1) is 14.9. The predicted octanol–water partition coefficient (Wildman–Crippen LogP) is 7.08. The first-order valence-electron chi connectivity index (χ1n) is 14.2. The zero-order chi connectivity index (χ0) is 23.3. The summed E-state index contributed by atoms with van der Waals surface area (Å²) in [6, 6.07) is 0. The van der Waals surface area contributed by atoms with Gasteiger partial charge in [-0.05, 0) is 127 Å². The van der Waals surface area contributed by atoms with Crippen molar-refractivity contribution in [3.8, 4) is 0 Å². The van der Waals surface area contributed by atoms with E-state index in [0.29, 0.717) is 34.7 Å². The van der Waals surface area contributed by atoms with Gasteiger partial charge in [0.05, 0.1) is 6.10 Å². The summed E-state index contributed by atoms with van der Waals surface area (Å²) < 4.78 is 0. The number of aliphatic hydroxyl groups excluding tert-OH is 2. The Hall–Kier alpha value is -0.0800. The van der Waals surface area contributed by atoms with E-state index in [2.05, 4.69) is 48.5 Å². The Balaban J connectivity index is 1.54. The first-order valence-corrected chi connectivity index (χ1v) is 14.2. The van der Waals surface area contributed by atoms with Gasteiger partial charge >= 0.3 is 0 Å². The summed E-state index contributed by atoms with van der Waals surface area (Å²) in [4.78, 5) is 0. The lowest BCUT2D eigenvalue weighted by atomic mass is 9.31. The van der Waals surface area contributed by atoms with Crippen molar-refractivity contribution in [3.05, 3.63) is 0 Å². The van der Waals surface area contributed by atoms with Gasteiger partial charge in [0, 0.05) is 6.61 Å². The Kier molecular flexibility index (Phi) is 5.34. The maximum atomic E-state index is 10.9. The molecule has 0 heterocycles. The second-order valence-corrected chi connectivity index (χ2v) is 15.0. The number of fused-ring (bicyclic) bond motifs is 7. The summed E-state index contributed by atoms with van der Waals surface area (Å²) >= 11 is 0. The van der Waals surface area contributed by atoms with Crippen LogP contribution in [0.1, 0.15) is 113 Å². The zero-order valence-corrected chi connectivity index (χ0v) is 22.2. The lowest BCUT2D eigenvalue weighted by Crippen LogP contribution is -2.67. The Morgan fingerprint density at radius 1 is 0.719 bits per heavy atom. The van der Waals surface area contributed by atoms with E-state index < -0.39 is 0 Å². The van der Waals surface area contributed by atoms with E-state index in [4.69, 9.17) is 0 Å². The normalized spacial score (nSPS) is 59.3. The Labute approximate surface area is 198 Å². The molecule has 2 N–H and O–H groups in total. The van der Waals surface area contributed by atoms with Gasteiger partial charge in [0.1, 0.15) is 0 Å². The fraction of sp³-hybridized carbons (Fsp3) is 1.00. The van der Waals surface area contributed by atoms with Crippen molar-refractivity contribution >= 4 is 0 Å². The summed E-state index contributed by atoms with van der Waals surface area (Å²) in [5, 5.41) is 21.6. The fourth-order valence-corrected chi connectivity index (χ4v) is 11.7. The Morgan fingerprint density at radius 2 is 1.44 bits per heavy atom. The van der Waals surface area contributed by atoms with E-state index in [1.54, 1.807) is 0 Å². The van der Waals surface area contributed by atoms with Crippen LogP contribution in [0.25, 0.3) is 0 Å². The third-order valence-corrected chi connectivity index (χ3v) is 14.1. The van der Waals surface area contributed by atoms with Crippen LogP contribution in [0.3, 0.4) is 0 Å². The molecular formula is C30H52O2. The van der Waals surface area contributed by atoms with E-state index in [0.717, 1.165) is 30.1 Å². The smallest absolute Gasteiger partial charge is 0.0594 e. The lowest BCUT2D eigenvalue weighted by Gasteiger charge is -2.74. The number of hydrogen-bond donors (Lipinski definition) is 2. The first kappa shape index (κ1) is 23.7. The third kappa shape index (κ3) is 2.72. The molecule has 184 valence electrons. The quantitative estimate of drug-likeness (QED) is 0.454. The Bertz CT molecular complexity index is 745. The number of aliphatic hydroxyl groups is 2. The molecule has 11 atom stereocenters. The molecule has 0 spiro atoms. The predicted molar refractivity (Wildman–Crippen MR) is 132 cm³/mol. The van der Waals surface area contributed by atoms with Crippen LogP contribution >= 0.6 is 0 Å². The zero-order valence-electron chi connectivity index (χ0n) is 22.2. The molecular weight excluding hydrogens is 392 g/mol. The van der Waals surface area contributed by atoms with Gasteiger partial charge in [0.15, 0.2) is 0 Å². The van der Waals surface area contributed by atoms with Crippen LogP contribution in [0, 0.1) is 62.6 Å². The molecule has 0 saturated heterocycles. The van der Waals surface area contributed by atoms with Crippen LogP contribution in [0.4, 0.5) is 0 Å². The van der Waals surface area contributed by atoms with Crippen LogP contribution in [0.15, 0.2) is 0 Å². The van der Waals surface area contributed by atoms with Crippen LogP contribution in [0.2, 0.25) is 0 Å². The topological polar surface area (TPSA) is 40.5 Å². The van der Waals surface area contributed by atoms with Crippen molar-refractivity contribution in [1.82, 2.24) is 0 Å². The highest BCUT2D eigenvalue weighted by atomic mass is 16.3. The van der Waals surface area contributed by atoms with Gasteiger partial charge in [-0.3, -0.25) is 0 Å². The van der Waals surface area contributed by atoms with Crippen molar-refractivity contribution in [2.75, 3.05) is 6.61 Å². The lowest BCUT2D eigenvalue weighted by molar-refractivity contribution is -0.260. The van der Waals surface area contributed by atoms with Gasteiger partial charge in [-0.2, -0.15) is 0 Å². The van der Waals surface area contributed by atoms with Crippen LogP contribution in [0.5, 0.6) is 0 Å². The van der Waals surface area contributed by atoms with E-state index in [9.17, 15) is 10.2 Å². The summed E-state index contributed by atoms with van der Waals surface area (Å²) in [5.74, 6) is 4.41. The highest BCUT2D eigenvalue weighted by molar-refractivity contribution is 5.18. The van der Waals surface area contributed by atoms with Gasteiger partial charge in [0.25, 0.3) is 0 Å². The summed E-state index contributed by atoms with van der Waals surface area (Å²) in [6.07, 6.45) is 12.5. The van der Waals surface area contributed by atoms with E-state index in [1.165, 1.54) is 57.8 Å². The molecule has 0 aliphatic heterocycles. The van der Waals surface area contributed by atoms with Crippen molar-refractivity contribution < 1.29 is 10.2 Å². The maximum Gasteiger partial charge on any atom is 0.0594 e. The van der Waals surface area contributed by atoms with Gasteiger partial charge in [0.2, 0.25) is 0 Å². The van der Waals surface area contributed by atoms with E-state index in [-0.39, 0.29) is 16.9 Å². The second-order valence-electron chi connectivity index (χ2n) is 15.0. The van der Waals surface area contributed by atoms with Gasteiger partial charge in [-0.25, -0.2) is 0 Å². The molecule has 5 rings (SSSR count). The number of rotatable bonds is 1. The second kappa shape index (κ2) is 7.22. The van der Waals surface area contributed by atoms with Crippen molar-refractivity contribution in [3.63, 3.8) is 0 Å². The standard InChI is InChI=1S/C30H52O2/c1-19-10-15-30(18-31)17-16-28(6)21(25(30)20(19)2)8-9-23-27(5)13-12-24(32)26(3,4)22(27)11-14-29(23,28)7/h19-25,31-32H,8-18H2,1-7H3/t19-,20+,21?,22+,23-,24+,25+,27+,28-,29-,30-/m1/s1. The minimum absolute atomic E-state index is 0.0397. The fourth-order valence-electron chi connectivity index (χ4n) is 11.7. The molecule has 32 heavy (non-hydrogen) atoms. The van der Waals surface area contributed by atoms with E-state index in [1.807, 2.05) is 0 Å². The largest absolute Gasteiger partial charge is 0.396 e.